The molecule has 0 radical (unpaired) electrons. The van der Waals surface area contributed by atoms with Crippen molar-refractivity contribution in [3.05, 3.63) is 63.5 Å². The smallest absolute Gasteiger partial charge is 0.282 e. The lowest BCUT2D eigenvalue weighted by Gasteiger charge is -2.23. The second-order valence-electron chi connectivity index (χ2n) is 5.68. The molecule has 126 valence electrons. The van der Waals surface area contributed by atoms with Crippen LogP contribution in [-0.4, -0.2) is 13.0 Å². The molecule has 6 heteroatoms. The van der Waals surface area contributed by atoms with Gasteiger partial charge in [-0.15, -0.1) is 0 Å². The number of hydrogen-bond donors (Lipinski definition) is 1. The fourth-order valence-electron chi connectivity index (χ4n) is 1.73. The minimum absolute atomic E-state index is 0.324. The van der Waals surface area contributed by atoms with Crippen molar-refractivity contribution < 1.29 is 17.4 Å². The molecular formula is C17H20FIO3S. The van der Waals surface area contributed by atoms with Crippen LogP contribution in [0.3, 0.4) is 0 Å². The van der Waals surface area contributed by atoms with Crippen LogP contribution in [0.5, 0.6) is 0 Å². The normalized spacial score (nSPS) is 11.6. The molecule has 3 nitrogen and oxygen atoms in total. The SMILES string of the molecule is CCC(C)(C)c1ccc(I)cc1.O=S(=O)(O)c1cccc(F)c1. The van der Waals surface area contributed by atoms with Crippen molar-refractivity contribution in [3.8, 4) is 0 Å². The Morgan fingerprint density at radius 1 is 1.13 bits per heavy atom. The maximum absolute atomic E-state index is 12.3. The van der Waals surface area contributed by atoms with E-state index in [1.807, 2.05) is 0 Å². The summed E-state index contributed by atoms with van der Waals surface area (Å²) in [6, 6.07) is 13.0. The van der Waals surface area contributed by atoms with Gasteiger partial charge in [0.1, 0.15) is 5.82 Å². The predicted molar refractivity (Wildman–Crippen MR) is 98.7 cm³/mol. The minimum atomic E-state index is -4.27. The summed E-state index contributed by atoms with van der Waals surface area (Å²) in [5.41, 5.74) is 1.76. The molecule has 0 unspecified atom stereocenters. The molecule has 0 atom stereocenters. The summed E-state index contributed by atoms with van der Waals surface area (Å²) in [6.45, 7) is 6.81. The molecule has 0 saturated heterocycles. The molecule has 0 aliphatic rings. The largest absolute Gasteiger partial charge is 0.294 e. The maximum Gasteiger partial charge on any atom is 0.294 e. The average molecular weight is 450 g/mol. The van der Waals surface area contributed by atoms with Gasteiger partial charge in [-0.3, -0.25) is 4.55 Å². The van der Waals surface area contributed by atoms with Crippen LogP contribution < -0.4 is 0 Å². The van der Waals surface area contributed by atoms with Crippen LogP contribution in [0.4, 0.5) is 4.39 Å². The van der Waals surface area contributed by atoms with E-state index in [9.17, 15) is 12.8 Å². The molecule has 2 aromatic rings. The highest BCUT2D eigenvalue weighted by molar-refractivity contribution is 14.1. The quantitative estimate of drug-likeness (QED) is 0.526. The lowest BCUT2D eigenvalue weighted by atomic mass is 9.82. The summed E-state index contributed by atoms with van der Waals surface area (Å²) in [6.07, 6.45) is 1.19. The second kappa shape index (κ2) is 8.21. The predicted octanol–water partition coefficient (Wildman–Crippen LogP) is 5.05. The van der Waals surface area contributed by atoms with Crippen LogP contribution in [-0.2, 0) is 15.5 Å². The highest BCUT2D eigenvalue weighted by atomic mass is 127. The average Bonchev–Trinajstić information content (AvgIpc) is 2.47. The van der Waals surface area contributed by atoms with E-state index in [2.05, 4.69) is 67.6 Å². The lowest BCUT2D eigenvalue weighted by Crippen LogP contribution is -2.14. The molecule has 1 N–H and O–H groups in total. The van der Waals surface area contributed by atoms with Crippen molar-refractivity contribution in [3.63, 3.8) is 0 Å². The Bertz CT molecular complexity index is 741. The zero-order valence-electron chi connectivity index (χ0n) is 13.3. The first kappa shape index (κ1) is 20.1. The Hall–Kier alpha value is -0.990. The van der Waals surface area contributed by atoms with Crippen LogP contribution in [0.15, 0.2) is 53.4 Å². The molecule has 2 aromatic carbocycles. The molecular weight excluding hydrogens is 430 g/mol. The van der Waals surface area contributed by atoms with Crippen LogP contribution in [0.2, 0.25) is 0 Å². The standard InChI is InChI=1S/C11H15I.C6H5FO3S/c1-4-11(2,3)9-5-7-10(12)8-6-9;7-5-2-1-3-6(4-5)11(8,9)10/h5-8H,4H2,1-3H3;1-4H,(H,8,9,10). The number of hydrogen-bond acceptors (Lipinski definition) is 2. The topological polar surface area (TPSA) is 54.4 Å². The first-order chi connectivity index (χ1) is 10.6. The molecule has 23 heavy (non-hydrogen) atoms. The second-order valence-corrected chi connectivity index (χ2v) is 8.34. The van der Waals surface area contributed by atoms with Gasteiger partial charge in [0.15, 0.2) is 0 Å². The van der Waals surface area contributed by atoms with E-state index >= 15 is 0 Å². The van der Waals surface area contributed by atoms with Crippen LogP contribution in [0.1, 0.15) is 32.8 Å². The molecule has 0 aliphatic carbocycles. The van der Waals surface area contributed by atoms with Gasteiger partial charge < -0.3 is 0 Å². The number of rotatable bonds is 3. The van der Waals surface area contributed by atoms with Gasteiger partial charge in [-0.25, -0.2) is 4.39 Å². The van der Waals surface area contributed by atoms with E-state index in [1.165, 1.54) is 21.6 Å². The summed E-state index contributed by atoms with van der Waals surface area (Å²) < 4.78 is 42.8. The Labute approximate surface area is 150 Å². The van der Waals surface area contributed by atoms with E-state index in [1.54, 1.807) is 0 Å². The van der Waals surface area contributed by atoms with Gasteiger partial charge >= 0.3 is 0 Å². The number of halogens is 2. The van der Waals surface area contributed by atoms with Gasteiger partial charge in [0.2, 0.25) is 0 Å². The van der Waals surface area contributed by atoms with E-state index in [0.717, 1.165) is 18.2 Å². The Balaban J connectivity index is 0.000000231. The molecule has 0 spiro atoms. The van der Waals surface area contributed by atoms with Crippen molar-refractivity contribution in [1.29, 1.82) is 0 Å². The molecule has 0 aromatic heterocycles. The monoisotopic (exact) mass is 450 g/mol. The fraction of sp³-hybridized carbons (Fsp3) is 0.294. The Morgan fingerprint density at radius 2 is 1.70 bits per heavy atom. The first-order valence-electron chi connectivity index (χ1n) is 7.05. The van der Waals surface area contributed by atoms with Crippen molar-refractivity contribution in [2.45, 2.75) is 37.5 Å². The van der Waals surface area contributed by atoms with Crippen molar-refractivity contribution in [1.82, 2.24) is 0 Å². The zero-order valence-corrected chi connectivity index (χ0v) is 16.2. The van der Waals surface area contributed by atoms with Gasteiger partial charge in [-0.05, 0) is 70.3 Å². The summed E-state index contributed by atoms with van der Waals surface area (Å²) in [5, 5.41) is 0. The third-order valence-corrected chi connectivity index (χ3v) is 5.17. The van der Waals surface area contributed by atoms with E-state index < -0.39 is 20.8 Å². The van der Waals surface area contributed by atoms with Crippen molar-refractivity contribution >= 4 is 32.7 Å². The van der Waals surface area contributed by atoms with Crippen molar-refractivity contribution in [2.75, 3.05) is 0 Å². The Kier molecular flexibility index (Phi) is 7.16. The molecule has 0 saturated carbocycles. The molecule has 0 bridgehead atoms. The van der Waals surface area contributed by atoms with Gasteiger partial charge in [0.05, 0.1) is 4.90 Å². The highest BCUT2D eigenvalue weighted by Crippen LogP contribution is 2.26. The van der Waals surface area contributed by atoms with E-state index in [-0.39, 0.29) is 0 Å². The van der Waals surface area contributed by atoms with Gasteiger partial charge in [-0.2, -0.15) is 8.42 Å². The first-order valence-corrected chi connectivity index (χ1v) is 9.57. The van der Waals surface area contributed by atoms with Crippen LogP contribution in [0.25, 0.3) is 0 Å². The van der Waals surface area contributed by atoms with Crippen LogP contribution >= 0.6 is 22.6 Å². The lowest BCUT2D eigenvalue weighted by molar-refractivity contribution is 0.482. The summed E-state index contributed by atoms with van der Waals surface area (Å²) in [7, 11) is -4.27. The highest BCUT2D eigenvalue weighted by Gasteiger charge is 2.16. The van der Waals surface area contributed by atoms with E-state index in [4.69, 9.17) is 4.55 Å². The summed E-state index contributed by atoms with van der Waals surface area (Å²) in [4.78, 5) is -0.433. The molecule has 0 heterocycles. The summed E-state index contributed by atoms with van der Waals surface area (Å²) in [5.74, 6) is -0.694. The van der Waals surface area contributed by atoms with Crippen LogP contribution in [0, 0.1) is 9.39 Å². The molecule has 0 fully saturated rings. The third-order valence-electron chi connectivity index (χ3n) is 3.60. The van der Waals surface area contributed by atoms with E-state index in [0.29, 0.717) is 5.41 Å². The van der Waals surface area contributed by atoms with Gasteiger partial charge in [0.25, 0.3) is 10.1 Å². The molecule has 2 rings (SSSR count). The number of benzene rings is 2. The maximum atomic E-state index is 12.3. The molecule has 0 amide bonds. The third kappa shape index (κ3) is 6.56. The van der Waals surface area contributed by atoms with Crippen molar-refractivity contribution in [2.24, 2.45) is 0 Å². The zero-order chi connectivity index (χ0) is 17.7. The minimum Gasteiger partial charge on any atom is -0.282 e. The molecule has 0 aliphatic heterocycles. The van der Waals surface area contributed by atoms with Gasteiger partial charge in [-0.1, -0.05) is 39.0 Å². The Morgan fingerprint density at radius 3 is 2.09 bits per heavy atom. The summed E-state index contributed by atoms with van der Waals surface area (Å²) >= 11 is 2.34. The van der Waals surface area contributed by atoms with Gasteiger partial charge in [0, 0.05) is 3.57 Å². The fourth-order valence-corrected chi connectivity index (χ4v) is 2.60.